The number of halogens is 1. The van der Waals surface area contributed by atoms with Crippen molar-refractivity contribution in [2.75, 3.05) is 19.0 Å². The van der Waals surface area contributed by atoms with Crippen LogP contribution < -0.4 is 14.8 Å². The van der Waals surface area contributed by atoms with E-state index < -0.39 is 15.9 Å². The first-order valence-corrected chi connectivity index (χ1v) is 11.1. The summed E-state index contributed by atoms with van der Waals surface area (Å²) >= 11 is 6.56. The minimum absolute atomic E-state index is 0.0838. The van der Waals surface area contributed by atoms with E-state index in [9.17, 15) is 13.2 Å². The van der Waals surface area contributed by atoms with Crippen molar-refractivity contribution in [1.82, 2.24) is 14.9 Å². The highest BCUT2D eigenvalue weighted by atomic mass is 35.5. The minimum atomic E-state index is -3.83. The highest BCUT2D eigenvalue weighted by molar-refractivity contribution is 7.91. The number of aromatic nitrogens is 2. The van der Waals surface area contributed by atoms with Crippen LogP contribution in [0.5, 0.6) is 5.75 Å². The summed E-state index contributed by atoms with van der Waals surface area (Å²) in [5.41, 5.74) is 1.33. The molecule has 3 aromatic rings. The zero-order valence-electron chi connectivity index (χ0n) is 15.3. The van der Waals surface area contributed by atoms with Crippen molar-refractivity contribution in [2.24, 2.45) is 0 Å². The van der Waals surface area contributed by atoms with E-state index in [-0.39, 0.29) is 16.0 Å². The maximum absolute atomic E-state index is 12.4. The van der Waals surface area contributed by atoms with Crippen molar-refractivity contribution < 1.29 is 17.9 Å². The summed E-state index contributed by atoms with van der Waals surface area (Å²) < 4.78 is 32.1. The maximum Gasteiger partial charge on any atom is 0.269 e. The lowest BCUT2D eigenvalue weighted by atomic mass is 10.1. The minimum Gasteiger partial charge on any atom is -0.497 e. The van der Waals surface area contributed by atoms with Gasteiger partial charge in [-0.05, 0) is 48.4 Å². The molecule has 29 heavy (non-hydrogen) atoms. The molecule has 1 aromatic heterocycles. The van der Waals surface area contributed by atoms with E-state index in [1.54, 1.807) is 31.4 Å². The van der Waals surface area contributed by atoms with Gasteiger partial charge in [-0.3, -0.25) is 10.1 Å². The number of benzene rings is 2. The molecule has 0 unspecified atom stereocenters. The fourth-order valence-electron chi connectivity index (χ4n) is 2.32. The molecule has 0 saturated carbocycles. The molecule has 0 aliphatic rings. The van der Waals surface area contributed by atoms with Crippen LogP contribution in [0.25, 0.3) is 0 Å². The van der Waals surface area contributed by atoms with Crippen LogP contribution in [-0.2, 0) is 16.4 Å². The highest BCUT2D eigenvalue weighted by Gasteiger charge is 2.20. The van der Waals surface area contributed by atoms with Crippen molar-refractivity contribution in [1.29, 1.82) is 0 Å². The van der Waals surface area contributed by atoms with Crippen LogP contribution in [0.1, 0.15) is 15.9 Å². The molecule has 2 N–H and O–H groups in total. The van der Waals surface area contributed by atoms with Crippen molar-refractivity contribution >= 4 is 44.0 Å². The third-order valence-corrected chi connectivity index (χ3v) is 6.75. The van der Waals surface area contributed by atoms with E-state index in [1.807, 2.05) is 24.3 Å². The smallest absolute Gasteiger partial charge is 0.269 e. The van der Waals surface area contributed by atoms with Gasteiger partial charge in [-0.25, -0.2) is 13.1 Å². The third kappa shape index (κ3) is 5.73. The first kappa shape index (κ1) is 21.2. The van der Waals surface area contributed by atoms with Gasteiger partial charge in [0.15, 0.2) is 0 Å². The Bertz CT molecular complexity index is 1080. The van der Waals surface area contributed by atoms with Crippen molar-refractivity contribution in [2.45, 2.75) is 10.8 Å². The number of ether oxygens (including phenoxy) is 1. The average Bonchev–Trinajstić information content (AvgIpc) is 3.18. The number of nitrogens with zero attached hydrogens (tertiary/aromatic N) is 2. The van der Waals surface area contributed by atoms with Crippen LogP contribution in [0.4, 0.5) is 5.13 Å². The maximum atomic E-state index is 12.4. The van der Waals surface area contributed by atoms with Crippen LogP contribution >= 0.6 is 22.9 Å². The van der Waals surface area contributed by atoms with Crippen LogP contribution in [0.2, 0.25) is 5.02 Å². The second kappa shape index (κ2) is 9.31. The van der Waals surface area contributed by atoms with Crippen LogP contribution in [0.15, 0.2) is 52.9 Å². The second-order valence-corrected chi connectivity index (χ2v) is 9.18. The lowest BCUT2D eigenvalue weighted by molar-refractivity contribution is 0.102. The number of hydrogen-bond donors (Lipinski definition) is 2. The molecule has 0 saturated heterocycles. The number of anilines is 1. The summed E-state index contributed by atoms with van der Waals surface area (Å²) in [5, 5.41) is 10.5. The molecule has 11 heteroatoms. The molecule has 0 spiro atoms. The predicted molar refractivity (Wildman–Crippen MR) is 111 cm³/mol. The van der Waals surface area contributed by atoms with Gasteiger partial charge >= 0.3 is 0 Å². The molecule has 1 amide bonds. The number of rotatable bonds is 8. The Hall–Kier alpha value is -2.53. The fraction of sp³-hybridized carbons (Fsp3) is 0.167. The Morgan fingerprint density at radius 2 is 1.79 bits per heavy atom. The number of sulfonamides is 1. The average molecular weight is 453 g/mol. The highest BCUT2D eigenvalue weighted by Crippen LogP contribution is 2.21. The molecule has 0 bridgehead atoms. The number of hydrogen-bond acceptors (Lipinski definition) is 7. The summed E-state index contributed by atoms with van der Waals surface area (Å²) in [5.74, 6) is 0.297. The van der Waals surface area contributed by atoms with E-state index >= 15 is 0 Å². The Labute approximate surface area is 176 Å². The first-order valence-electron chi connectivity index (χ1n) is 8.40. The molecule has 1 heterocycles. The van der Waals surface area contributed by atoms with E-state index in [2.05, 4.69) is 20.2 Å². The van der Waals surface area contributed by atoms with Gasteiger partial charge in [-0.1, -0.05) is 35.1 Å². The molecule has 152 valence electrons. The Morgan fingerprint density at radius 3 is 2.45 bits per heavy atom. The fourth-order valence-corrected chi connectivity index (χ4v) is 4.42. The monoisotopic (exact) mass is 452 g/mol. The Kier molecular flexibility index (Phi) is 6.80. The second-order valence-electron chi connectivity index (χ2n) is 5.83. The number of amides is 1. The Balaban J connectivity index is 1.57. The standard InChI is InChI=1S/C18H17ClN4O4S2/c1-27-15-8-2-12(3-9-15)10-11-20-29(25,26)18-23-22-17(28-18)21-16(24)13-4-6-14(19)7-5-13/h2-9,20H,10-11H2,1H3,(H,21,22,24). The summed E-state index contributed by atoms with van der Waals surface area (Å²) in [7, 11) is -2.25. The molecule has 0 radical (unpaired) electrons. The van der Waals surface area contributed by atoms with Gasteiger partial charge in [-0.2, -0.15) is 0 Å². The lowest BCUT2D eigenvalue weighted by Gasteiger charge is -2.05. The van der Waals surface area contributed by atoms with Gasteiger partial charge in [0, 0.05) is 17.1 Å². The van der Waals surface area contributed by atoms with Crippen LogP contribution in [0.3, 0.4) is 0 Å². The van der Waals surface area contributed by atoms with E-state index in [4.69, 9.17) is 16.3 Å². The predicted octanol–water partition coefficient (Wildman–Crippen LogP) is 2.97. The van der Waals surface area contributed by atoms with Gasteiger partial charge in [0.1, 0.15) is 5.75 Å². The normalized spacial score (nSPS) is 11.2. The van der Waals surface area contributed by atoms with Crippen molar-refractivity contribution in [3.8, 4) is 5.75 Å². The van der Waals surface area contributed by atoms with Crippen molar-refractivity contribution in [3.63, 3.8) is 0 Å². The summed E-state index contributed by atoms with van der Waals surface area (Å²) in [6.45, 7) is 0.195. The van der Waals surface area contributed by atoms with Gasteiger partial charge in [0.05, 0.1) is 7.11 Å². The summed E-state index contributed by atoms with van der Waals surface area (Å²) in [6, 6.07) is 13.6. The third-order valence-electron chi connectivity index (χ3n) is 3.83. The van der Waals surface area contributed by atoms with E-state index in [0.29, 0.717) is 17.0 Å². The SMILES string of the molecule is COc1ccc(CCNS(=O)(=O)c2nnc(NC(=O)c3ccc(Cl)cc3)s2)cc1. The van der Waals surface area contributed by atoms with Crippen LogP contribution in [0, 0.1) is 0 Å². The molecule has 0 atom stereocenters. The molecular formula is C18H17ClN4O4S2. The Morgan fingerprint density at radius 1 is 1.10 bits per heavy atom. The number of methoxy groups -OCH3 is 1. The number of carbonyl (C=O) groups is 1. The molecule has 0 aliphatic carbocycles. The molecule has 0 fully saturated rings. The molecule has 0 aliphatic heterocycles. The van der Waals surface area contributed by atoms with E-state index in [1.165, 1.54) is 0 Å². The molecule has 8 nitrogen and oxygen atoms in total. The van der Waals surface area contributed by atoms with Gasteiger partial charge in [-0.15, -0.1) is 10.2 Å². The van der Waals surface area contributed by atoms with E-state index in [0.717, 1.165) is 22.6 Å². The zero-order chi connectivity index (χ0) is 20.9. The molecule has 3 rings (SSSR count). The van der Waals surface area contributed by atoms with Crippen LogP contribution in [-0.4, -0.2) is 38.2 Å². The van der Waals surface area contributed by atoms with Gasteiger partial charge in [0.2, 0.25) is 9.47 Å². The first-order chi connectivity index (χ1) is 13.9. The summed E-state index contributed by atoms with van der Waals surface area (Å²) in [6.07, 6.45) is 0.502. The molecule has 2 aromatic carbocycles. The largest absolute Gasteiger partial charge is 0.497 e. The number of nitrogens with one attached hydrogen (secondary N) is 2. The zero-order valence-corrected chi connectivity index (χ0v) is 17.6. The van der Waals surface area contributed by atoms with Gasteiger partial charge in [0.25, 0.3) is 15.9 Å². The number of carbonyl (C=O) groups excluding carboxylic acids is 1. The topological polar surface area (TPSA) is 110 Å². The summed E-state index contributed by atoms with van der Waals surface area (Å²) in [4.78, 5) is 12.2. The lowest BCUT2D eigenvalue weighted by Crippen LogP contribution is -2.25. The molecular weight excluding hydrogens is 436 g/mol. The quantitative estimate of drug-likeness (QED) is 0.508. The van der Waals surface area contributed by atoms with Crippen molar-refractivity contribution in [3.05, 3.63) is 64.7 Å². The van der Waals surface area contributed by atoms with Gasteiger partial charge < -0.3 is 4.74 Å².